The number of amides is 1. The normalized spacial score (nSPS) is 10.5. The molecule has 94 valence electrons. The second-order valence-corrected chi connectivity index (χ2v) is 4.12. The average Bonchev–Trinajstić information content (AvgIpc) is 2.42. The predicted octanol–water partition coefficient (Wildman–Crippen LogP) is 1.31. The molecule has 0 radical (unpaired) electrons. The lowest BCUT2D eigenvalue weighted by molar-refractivity contribution is -0.121. The summed E-state index contributed by atoms with van der Waals surface area (Å²) in [6.45, 7) is 1.03. The minimum absolute atomic E-state index is 0.000819. The Kier molecular flexibility index (Phi) is 4.28. The first-order chi connectivity index (χ1) is 8.81. The third-order valence-corrected chi connectivity index (χ3v) is 2.85. The number of hydrazine groups is 1. The van der Waals surface area contributed by atoms with Gasteiger partial charge in [0, 0.05) is 19.5 Å². The highest BCUT2D eigenvalue weighted by Crippen LogP contribution is 2.18. The minimum Gasteiger partial charge on any atom is -0.352 e. The van der Waals surface area contributed by atoms with E-state index in [0.29, 0.717) is 19.5 Å². The quantitative estimate of drug-likeness (QED) is 0.548. The SMILES string of the molecule is NNCCC(=O)NCc1cccc2ccccc12. The summed E-state index contributed by atoms with van der Waals surface area (Å²) >= 11 is 0. The van der Waals surface area contributed by atoms with Gasteiger partial charge in [0.1, 0.15) is 0 Å². The topological polar surface area (TPSA) is 67.1 Å². The Morgan fingerprint density at radius 2 is 1.89 bits per heavy atom. The Hall–Kier alpha value is -1.91. The lowest BCUT2D eigenvalue weighted by atomic mass is 10.0. The van der Waals surface area contributed by atoms with Crippen LogP contribution in [0.5, 0.6) is 0 Å². The van der Waals surface area contributed by atoms with E-state index < -0.39 is 0 Å². The summed E-state index contributed by atoms with van der Waals surface area (Å²) in [7, 11) is 0. The Bertz CT molecular complexity index is 534. The van der Waals surface area contributed by atoms with Gasteiger partial charge in [0.05, 0.1) is 0 Å². The van der Waals surface area contributed by atoms with Gasteiger partial charge in [-0.1, -0.05) is 42.5 Å². The molecule has 18 heavy (non-hydrogen) atoms. The Labute approximate surface area is 106 Å². The molecular weight excluding hydrogens is 226 g/mol. The van der Waals surface area contributed by atoms with Crippen LogP contribution < -0.4 is 16.6 Å². The van der Waals surface area contributed by atoms with Crippen LogP contribution >= 0.6 is 0 Å². The number of nitrogens with one attached hydrogen (secondary N) is 2. The zero-order chi connectivity index (χ0) is 12.8. The molecule has 0 aliphatic rings. The lowest BCUT2D eigenvalue weighted by Crippen LogP contribution is -2.30. The Morgan fingerprint density at radius 1 is 1.11 bits per heavy atom. The van der Waals surface area contributed by atoms with E-state index in [1.54, 1.807) is 0 Å². The van der Waals surface area contributed by atoms with E-state index in [1.165, 1.54) is 10.8 Å². The highest BCUT2D eigenvalue weighted by molar-refractivity contribution is 5.86. The first-order valence-electron chi connectivity index (χ1n) is 5.98. The van der Waals surface area contributed by atoms with Crippen LogP contribution in [0.3, 0.4) is 0 Å². The van der Waals surface area contributed by atoms with Crippen LogP contribution in [0.15, 0.2) is 42.5 Å². The molecule has 2 aromatic rings. The minimum atomic E-state index is 0.000819. The fourth-order valence-corrected chi connectivity index (χ4v) is 1.91. The van der Waals surface area contributed by atoms with Crippen LogP contribution in [0.25, 0.3) is 10.8 Å². The van der Waals surface area contributed by atoms with E-state index in [4.69, 9.17) is 5.84 Å². The Balaban J connectivity index is 2.05. The standard InChI is InChI=1S/C14H17N3O/c15-17-9-8-14(18)16-10-12-6-3-5-11-4-1-2-7-13(11)12/h1-7,17H,8-10,15H2,(H,16,18). The van der Waals surface area contributed by atoms with Gasteiger partial charge in [0.2, 0.25) is 5.91 Å². The van der Waals surface area contributed by atoms with Crippen LogP contribution in [0.1, 0.15) is 12.0 Å². The molecule has 1 amide bonds. The van der Waals surface area contributed by atoms with Gasteiger partial charge in [0.15, 0.2) is 0 Å². The number of hydrogen-bond donors (Lipinski definition) is 3. The van der Waals surface area contributed by atoms with Gasteiger partial charge >= 0.3 is 0 Å². The predicted molar refractivity (Wildman–Crippen MR) is 72.6 cm³/mol. The van der Waals surface area contributed by atoms with Crippen molar-refractivity contribution in [1.29, 1.82) is 0 Å². The molecule has 0 atom stereocenters. The first kappa shape index (κ1) is 12.5. The molecule has 0 saturated heterocycles. The van der Waals surface area contributed by atoms with Crippen molar-refractivity contribution in [1.82, 2.24) is 10.7 Å². The molecule has 0 heterocycles. The molecule has 4 N–H and O–H groups in total. The number of carbonyl (C=O) groups is 1. The number of nitrogens with two attached hydrogens (primary N) is 1. The van der Waals surface area contributed by atoms with Crippen molar-refractivity contribution in [3.8, 4) is 0 Å². The van der Waals surface area contributed by atoms with E-state index in [-0.39, 0.29) is 5.91 Å². The van der Waals surface area contributed by atoms with Gasteiger partial charge in [0.25, 0.3) is 0 Å². The summed E-state index contributed by atoms with van der Waals surface area (Å²) in [5.41, 5.74) is 3.59. The zero-order valence-electron chi connectivity index (χ0n) is 10.1. The highest BCUT2D eigenvalue weighted by atomic mass is 16.1. The van der Waals surface area contributed by atoms with E-state index in [9.17, 15) is 4.79 Å². The fourth-order valence-electron chi connectivity index (χ4n) is 1.91. The van der Waals surface area contributed by atoms with Crippen molar-refractivity contribution in [2.75, 3.05) is 6.54 Å². The summed E-state index contributed by atoms with van der Waals surface area (Å²) in [5, 5.41) is 5.26. The molecule has 0 aliphatic carbocycles. The molecule has 0 spiro atoms. The smallest absolute Gasteiger partial charge is 0.221 e. The third-order valence-electron chi connectivity index (χ3n) is 2.85. The third kappa shape index (κ3) is 3.06. The number of fused-ring (bicyclic) bond motifs is 1. The van der Waals surface area contributed by atoms with Gasteiger partial charge in [-0.3, -0.25) is 16.1 Å². The summed E-state index contributed by atoms with van der Waals surface area (Å²) in [5.74, 6) is 5.13. The Morgan fingerprint density at radius 3 is 2.72 bits per heavy atom. The van der Waals surface area contributed by atoms with E-state index in [2.05, 4.69) is 28.9 Å². The molecule has 0 aromatic heterocycles. The van der Waals surface area contributed by atoms with Crippen molar-refractivity contribution >= 4 is 16.7 Å². The van der Waals surface area contributed by atoms with Crippen LogP contribution in [0, 0.1) is 0 Å². The van der Waals surface area contributed by atoms with Gasteiger partial charge in [-0.2, -0.15) is 0 Å². The summed E-state index contributed by atoms with van der Waals surface area (Å²) in [6.07, 6.45) is 0.390. The van der Waals surface area contributed by atoms with Crippen molar-refractivity contribution < 1.29 is 4.79 Å². The number of benzene rings is 2. The maximum atomic E-state index is 11.5. The first-order valence-corrected chi connectivity index (χ1v) is 5.98. The fraction of sp³-hybridized carbons (Fsp3) is 0.214. The number of rotatable bonds is 5. The van der Waals surface area contributed by atoms with Gasteiger partial charge in [-0.05, 0) is 16.3 Å². The highest BCUT2D eigenvalue weighted by Gasteiger charge is 2.03. The summed E-state index contributed by atoms with van der Waals surface area (Å²) in [4.78, 5) is 11.5. The van der Waals surface area contributed by atoms with Gasteiger partial charge in [-0.25, -0.2) is 0 Å². The largest absolute Gasteiger partial charge is 0.352 e. The van der Waals surface area contributed by atoms with E-state index in [0.717, 1.165) is 5.56 Å². The molecule has 0 bridgehead atoms. The molecule has 4 nitrogen and oxygen atoms in total. The van der Waals surface area contributed by atoms with Crippen LogP contribution in [-0.2, 0) is 11.3 Å². The maximum Gasteiger partial charge on any atom is 0.221 e. The average molecular weight is 243 g/mol. The molecule has 2 aromatic carbocycles. The van der Waals surface area contributed by atoms with Crippen LogP contribution in [-0.4, -0.2) is 12.5 Å². The maximum absolute atomic E-state index is 11.5. The van der Waals surface area contributed by atoms with Gasteiger partial charge < -0.3 is 5.32 Å². The molecule has 0 saturated carbocycles. The van der Waals surface area contributed by atoms with Gasteiger partial charge in [-0.15, -0.1) is 0 Å². The van der Waals surface area contributed by atoms with Crippen molar-refractivity contribution in [2.45, 2.75) is 13.0 Å². The second kappa shape index (κ2) is 6.14. The molecule has 4 heteroatoms. The van der Waals surface area contributed by atoms with E-state index in [1.807, 2.05) is 24.3 Å². The van der Waals surface area contributed by atoms with E-state index >= 15 is 0 Å². The molecule has 0 aliphatic heterocycles. The number of carbonyl (C=O) groups excluding carboxylic acids is 1. The lowest BCUT2D eigenvalue weighted by Gasteiger charge is -2.08. The second-order valence-electron chi connectivity index (χ2n) is 4.12. The monoisotopic (exact) mass is 243 g/mol. The zero-order valence-corrected chi connectivity index (χ0v) is 10.1. The summed E-state index contributed by atoms with van der Waals surface area (Å²) in [6, 6.07) is 14.3. The van der Waals surface area contributed by atoms with Crippen LogP contribution in [0.2, 0.25) is 0 Å². The van der Waals surface area contributed by atoms with Crippen molar-refractivity contribution in [2.24, 2.45) is 5.84 Å². The molecule has 0 unspecified atom stereocenters. The molecule has 0 fully saturated rings. The summed E-state index contributed by atoms with van der Waals surface area (Å²) < 4.78 is 0. The van der Waals surface area contributed by atoms with Crippen molar-refractivity contribution in [3.63, 3.8) is 0 Å². The van der Waals surface area contributed by atoms with Crippen molar-refractivity contribution in [3.05, 3.63) is 48.0 Å². The number of hydrogen-bond acceptors (Lipinski definition) is 3. The molecule has 2 rings (SSSR count). The van der Waals surface area contributed by atoms with Crippen LogP contribution in [0.4, 0.5) is 0 Å². The molecular formula is C14H17N3O.